The van der Waals surface area contributed by atoms with E-state index < -0.39 is 5.91 Å². The molecule has 0 heterocycles. The van der Waals surface area contributed by atoms with Crippen molar-refractivity contribution in [1.29, 1.82) is 0 Å². The topological polar surface area (TPSA) is 108 Å². The largest absolute Gasteiger partial charge is 0.507 e. The summed E-state index contributed by atoms with van der Waals surface area (Å²) in [5.41, 5.74) is 5.55. The highest BCUT2D eigenvalue weighted by atomic mass is 79.9. The number of nitrogens with two attached hydrogens (primary N) is 1. The van der Waals surface area contributed by atoms with Gasteiger partial charge < -0.3 is 21.4 Å². The fraction of sp³-hybridized carbons (Fsp3) is 0.273. The van der Waals surface area contributed by atoms with E-state index in [1.165, 1.54) is 12.1 Å². The van der Waals surface area contributed by atoms with Crippen molar-refractivity contribution in [2.75, 3.05) is 6.54 Å². The van der Waals surface area contributed by atoms with Gasteiger partial charge in [0.05, 0.1) is 5.56 Å². The number of amidine groups is 1. The van der Waals surface area contributed by atoms with E-state index in [4.69, 9.17) is 10.9 Å². The summed E-state index contributed by atoms with van der Waals surface area (Å²) in [4.78, 5) is 11.8. The number of halogens is 1. The van der Waals surface area contributed by atoms with Gasteiger partial charge >= 0.3 is 0 Å². The van der Waals surface area contributed by atoms with Crippen molar-refractivity contribution in [3.05, 3.63) is 28.2 Å². The molecule has 0 aliphatic heterocycles. The molecule has 7 heteroatoms. The van der Waals surface area contributed by atoms with Gasteiger partial charge in [-0.05, 0) is 18.2 Å². The number of carbonyl (C=O) groups excluding carboxylic acids is 1. The van der Waals surface area contributed by atoms with Gasteiger partial charge in [-0.2, -0.15) is 0 Å². The normalized spacial score (nSPS) is 13.1. The van der Waals surface area contributed by atoms with Gasteiger partial charge in [-0.1, -0.05) is 28.0 Å². The van der Waals surface area contributed by atoms with Crippen LogP contribution in [0.4, 0.5) is 0 Å². The van der Waals surface area contributed by atoms with Crippen LogP contribution in [0.5, 0.6) is 5.75 Å². The molecule has 0 aromatic heterocycles. The Labute approximate surface area is 113 Å². The molecule has 98 valence electrons. The number of aromatic hydroxyl groups is 1. The summed E-state index contributed by atoms with van der Waals surface area (Å²) in [5, 5.41) is 23.5. The van der Waals surface area contributed by atoms with Gasteiger partial charge in [-0.15, -0.1) is 0 Å². The first-order valence-electron chi connectivity index (χ1n) is 5.19. The molecule has 1 aromatic rings. The summed E-state index contributed by atoms with van der Waals surface area (Å²) in [6, 6.07) is 4.57. The number of phenols is 1. The fourth-order valence-electron chi connectivity index (χ4n) is 1.23. The average molecular weight is 316 g/mol. The minimum atomic E-state index is -0.425. The van der Waals surface area contributed by atoms with Crippen LogP contribution in [0.15, 0.2) is 27.8 Å². The number of amides is 1. The predicted octanol–water partition coefficient (Wildman–Crippen LogP) is 1.27. The van der Waals surface area contributed by atoms with E-state index in [2.05, 4.69) is 26.4 Å². The van der Waals surface area contributed by atoms with E-state index in [0.717, 1.165) is 0 Å². The Morgan fingerprint density at radius 3 is 2.89 bits per heavy atom. The summed E-state index contributed by atoms with van der Waals surface area (Å²) >= 11 is 3.22. The van der Waals surface area contributed by atoms with Gasteiger partial charge in [0.1, 0.15) is 11.6 Å². The molecule has 1 rings (SSSR count). The second kappa shape index (κ2) is 6.25. The van der Waals surface area contributed by atoms with Crippen LogP contribution in [0.25, 0.3) is 0 Å². The first-order valence-corrected chi connectivity index (χ1v) is 5.99. The van der Waals surface area contributed by atoms with Crippen molar-refractivity contribution >= 4 is 27.7 Å². The highest BCUT2D eigenvalue weighted by Gasteiger charge is 2.14. The minimum Gasteiger partial charge on any atom is -0.507 e. The summed E-state index contributed by atoms with van der Waals surface area (Å²) in [6.07, 6.45) is 0. The van der Waals surface area contributed by atoms with Crippen LogP contribution in [0.2, 0.25) is 0 Å². The molecular formula is C11H14BrN3O3. The third kappa shape index (κ3) is 3.63. The van der Waals surface area contributed by atoms with Crippen molar-refractivity contribution in [1.82, 2.24) is 5.32 Å². The maximum atomic E-state index is 11.8. The molecule has 1 atom stereocenters. The zero-order valence-corrected chi connectivity index (χ0v) is 11.3. The third-order valence-corrected chi connectivity index (χ3v) is 2.89. The van der Waals surface area contributed by atoms with Crippen LogP contribution < -0.4 is 11.1 Å². The van der Waals surface area contributed by atoms with Crippen LogP contribution in [-0.2, 0) is 0 Å². The van der Waals surface area contributed by atoms with Crippen molar-refractivity contribution < 1.29 is 15.1 Å². The van der Waals surface area contributed by atoms with Crippen molar-refractivity contribution in [3.8, 4) is 5.75 Å². The van der Waals surface area contributed by atoms with E-state index in [-0.39, 0.29) is 29.6 Å². The molecule has 0 saturated carbocycles. The molecule has 1 aromatic carbocycles. The second-order valence-electron chi connectivity index (χ2n) is 3.80. The van der Waals surface area contributed by atoms with Gasteiger partial charge in [0.25, 0.3) is 5.91 Å². The van der Waals surface area contributed by atoms with Crippen molar-refractivity contribution in [2.45, 2.75) is 6.92 Å². The number of rotatable bonds is 4. The molecule has 0 saturated heterocycles. The number of hydrogen-bond donors (Lipinski definition) is 4. The molecule has 0 aliphatic rings. The number of phenolic OH excluding ortho intramolecular Hbond substituents is 1. The third-order valence-electron chi connectivity index (χ3n) is 2.39. The number of carbonyl (C=O) groups is 1. The Hall–Kier alpha value is -1.76. The van der Waals surface area contributed by atoms with Crippen molar-refractivity contribution in [3.63, 3.8) is 0 Å². The molecule has 0 fully saturated rings. The van der Waals surface area contributed by atoms with E-state index in [0.29, 0.717) is 4.47 Å². The lowest BCUT2D eigenvalue weighted by molar-refractivity contribution is 0.0948. The van der Waals surface area contributed by atoms with E-state index >= 15 is 0 Å². The summed E-state index contributed by atoms with van der Waals surface area (Å²) in [7, 11) is 0. The summed E-state index contributed by atoms with van der Waals surface area (Å²) < 4.78 is 0.690. The smallest absolute Gasteiger partial charge is 0.255 e. The standard InChI is InChI=1S/C11H14BrN3O3/c1-6(10(13)15-18)5-14-11(17)8-4-7(12)2-3-9(8)16/h2-4,6,16,18H,5H2,1H3,(H2,13,15)(H,14,17). The molecule has 0 spiro atoms. The van der Waals surface area contributed by atoms with E-state index in [9.17, 15) is 9.90 Å². The van der Waals surface area contributed by atoms with Gasteiger partial charge in [0.2, 0.25) is 0 Å². The lowest BCUT2D eigenvalue weighted by atomic mass is 10.1. The summed E-state index contributed by atoms with van der Waals surface area (Å²) in [6.45, 7) is 1.91. The Morgan fingerprint density at radius 2 is 2.28 bits per heavy atom. The van der Waals surface area contributed by atoms with Gasteiger partial charge in [-0.25, -0.2) is 0 Å². The molecule has 0 aliphatic carbocycles. The van der Waals surface area contributed by atoms with Crippen molar-refractivity contribution in [2.24, 2.45) is 16.8 Å². The lowest BCUT2D eigenvalue weighted by Crippen LogP contribution is -2.34. The monoisotopic (exact) mass is 315 g/mol. The minimum absolute atomic E-state index is 0.0359. The first-order chi connectivity index (χ1) is 8.45. The maximum Gasteiger partial charge on any atom is 0.255 e. The molecule has 1 unspecified atom stereocenters. The zero-order valence-electron chi connectivity index (χ0n) is 9.72. The maximum absolute atomic E-state index is 11.8. The Kier molecular flexibility index (Phi) is 4.96. The molecule has 0 radical (unpaired) electrons. The van der Waals surface area contributed by atoms with Crippen LogP contribution >= 0.6 is 15.9 Å². The zero-order chi connectivity index (χ0) is 13.7. The Bertz CT molecular complexity index is 477. The lowest BCUT2D eigenvalue weighted by Gasteiger charge is -2.11. The molecule has 6 nitrogen and oxygen atoms in total. The number of nitrogens with one attached hydrogen (secondary N) is 1. The second-order valence-corrected chi connectivity index (χ2v) is 4.71. The molecule has 1 amide bonds. The Balaban J connectivity index is 2.69. The van der Waals surface area contributed by atoms with E-state index in [1.807, 2.05) is 0 Å². The van der Waals surface area contributed by atoms with Gasteiger partial charge in [-0.3, -0.25) is 4.79 Å². The first kappa shape index (κ1) is 14.3. The Morgan fingerprint density at radius 1 is 1.61 bits per heavy atom. The molecular weight excluding hydrogens is 302 g/mol. The SMILES string of the molecule is CC(CNC(=O)c1cc(Br)ccc1O)/C(N)=N/O. The number of oxime groups is 1. The fourth-order valence-corrected chi connectivity index (χ4v) is 1.60. The highest BCUT2D eigenvalue weighted by Crippen LogP contribution is 2.21. The average Bonchev–Trinajstić information content (AvgIpc) is 2.37. The van der Waals surface area contributed by atoms with Crippen LogP contribution in [-0.4, -0.2) is 28.6 Å². The van der Waals surface area contributed by atoms with Gasteiger partial charge in [0, 0.05) is 16.9 Å². The summed E-state index contributed by atoms with van der Waals surface area (Å²) in [5.74, 6) is -0.791. The van der Waals surface area contributed by atoms with Crippen LogP contribution in [0, 0.1) is 5.92 Å². The number of nitrogens with zero attached hydrogens (tertiary/aromatic N) is 1. The highest BCUT2D eigenvalue weighted by molar-refractivity contribution is 9.10. The molecule has 0 bridgehead atoms. The molecule has 18 heavy (non-hydrogen) atoms. The number of hydrogen-bond acceptors (Lipinski definition) is 4. The molecule has 5 N–H and O–H groups in total. The number of benzene rings is 1. The van der Waals surface area contributed by atoms with Crippen LogP contribution in [0.3, 0.4) is 0 Å². The van der Waals surface area contributed by atoms with Gasteiger partial charge in [0.15, 0.2) is 0 Å². The van der Waals surface area contributed by atoms with E-state index in [1.54, 1.807) is 13.0 Å². The quantitative estimate of drug-likeness (QED) is 0.290. The predicted molar refractivity (Wildman–Crippen MR) is 70.7 cm³/mol. The van der Waals surface area contributed by atoms with Crippen LogP contribution in [0.1, 0.15) is 17.3 Å².